The van der Waals surface area contributed by atoms with Crippen molar-refractivity contribution in [1.82, 2.24) is 4.98 Å². The molecule has 0 bridgehead atoms. The molecule has 2 nitrogen and oxygen atoms in total. The van der Waals surface area contributed by atoms with Gasteiger partial charge >= 0.3 is 0 Å². The summed E-state index contributed by atoms with van der Waals surface area (Å²) in [5.74, 6) is 0. The smallest absolute Gasteiger partial charge is 0.0342 e. The van der Waals surface area contributed by atoms with Crippen LogP contribution in [0.3, 0.4) is 0 Å². The first-order chi connectivity index (χ1) is 6.36. The van der Waals surface area contributed by atoms with Crippen molar-refractivity contribution in [2.45, 2.75) is 25.3 Å². The van der Waals surface area contributed by atoms with Crippen LogP contribution in [0.2, 0.25) is 0 Å². The third kappa shape index (κ3) is 1.95. The van der Waals surface area contributed by atoms with Crippen molar-refractivity contribution in [2.24, 2.45) is 5.73 Å². The summed E-state index contributed by atoms with van der Waals surface area (Å²) in [4.78, 5) is 4.11. The predicted octanol–water partition coefficient (Wildman–Crippen LogP) is 1.98. The number of hydrogen-bond donors (Lipinski definition) is 1. The minimum atomic E-state index is 0.362. The van der Waals surface area contributed by atoms with Gasteiger partial charge < -0.3 is 5.73 Å². The lowest BCUT2D eigenvalue weighted by Crippen LogP contribution is -2.21. The molecular weight excluding hydrogens is 160 g/mol. The maximum Gasteiger partial charge on any atom is 0.0342 e. The summed E-state index contributed by atoms with van der Waals surface area (Å²) in [6.45, 7) is 0. The van der Waals surface area contributed by atoms with Crippen molar-refractivity contribution in [2.75, 3.05) is 0 Å². The average molecular weight is 174 g/mol. The van der Waals surface area contributed by atoms with Crippen molar-refractivity contribution < 1.29 is 0 Å². The number of pyridine rings is 1. The van der Waals surface area contributed by atoms with Gasteiger partial charge in [0.05, 0.1) is 0 Å². The lowest BCUT2D eigenvalue weighted by Gasteiger charge is -2.17. The maximum absolute atomic E-state index is 5.81. The zero-order valence-corrected chi connectivity index (χ0v) is 7.61. The van der Waals surface area contributed by atoms with E-state index in [1.54, 1.807) is 6.20 Å². The van der Waals surface area contributed by atoms with Crippen LogP contribution in [-0.4, -0.2) is 11.0 Å². The van der Waals surface area contributed by atoms with Crippen LogP contribution in [0.1, 0.15) is 24.8 Å². The lowest BCUT2D eigenvalue weighted by molar-refractivity contribution is 0.614. The Labute approximate surface area is 78.5 Å². The second kappa shape index (κ2) is 3.71. The summed E-state index contributed by atoms with van der Waals surface area (Å²) in [5, 5.41) is 0. The molecule has 1 heterocycles. The average Bonchev–Trinajstić information content (AvgIpc) is 2.20. The van der Waals surface area contributed by atoms with E-state index in [-0.39, 0.29) is 0 Å². The molecular formula is C11H14N2. The molecule has 0 amide bonds. The third-order valence-electron chi connectivity index (χ3n) is 2.48. The van der Waals surface area contributed by atoms with Gasteiger partial charge in [-0.3, -0.25) is 4.98 Å². The molecule has 0 saturated carbocycles. The molecule has 2 rings (SSSR count). The molecule has 1 aromatic heterocycles. The topological polar surface area (TPSA) is 38.9 Å². The molecule has 0 saturated heterocycles. The standard InChI is InChI=1S/C11H14N2/c12-11-5-3-9(4-6-11)10-2-1-7-13-8-10/h1-3,7-8,11H,4-6,12H2. The molecule has 68 valence electrons. The van der Waals surface area contributed by atoms with Gasteiger partial charge in [-0.25, -0.2) is 0 Å². The first kappa shape index (κ1) is 8.45. The van der Waals surface area contributed by atoms with Gasteiger partial charge in [-0.2, -0.15) is 0 Å². The maximum atomic E-state index is 5.81. The Balaban J connectivity index is 2.19. The molecule has 0 aliphatic heterocycles. The first-order valence-electron chi connectivity index (χ1n) is 4.71. The highest BCUT2D eigenvalue weighted by Gasteiger charge is 2.11. The molecule has 1 aromatic rings. The van der Waals surface area contributed by atoms with Gasteiger partial charge in [0.1, 0.15) is 0 Å². The molecule has 0 aromatic carbocycles. The molecule has 0 fully saturated rings. The van der Waals surface area contributed by atoms with E-state index in [2.05, 4.69) is 17.1 Å². The highest BCUT2D eigenvalue weighted by molar-refractivity contribution is 5.65. The molecule has 0 radical (unpaired) electrons. The third-order valence-corrected chi connectivity index (χ3v) is 2.48. The van der Waals surface area contributed by atoms with Crippen LogP contribution >= 0.6 is 0 Å². The van der Waals surface area contributed by atoms with Gasteiger partial charge in [0.15, 0.2) is 0 Å². The number of nitrogens with two attached hydrogens (primary N) is 1. The Bertz CT molecular complexity index is 303. The number of rotatable bonds is 1. The molecule has 1 aliphatic carbocycles. The Morgan fingerprint density at radius 1 is 1.46 bits per heavy atom. The van der Waals surface area contributed by atoms with Crippen molar-refractivity contribution >= 4 is 5.57 Å². The fourth-order valence-corrected chi connectivity index (χ4v) is 1.67. The van der Waals surface area contributed by atoms with Gasteiger partial charge in [-0.05, 0) is 36.5 Å². The fraction of sp³-hybridized carbons (Fsp3) is 0.364. The van der Waals surface area contributed by atoms with Crippen molar-refractivity contribution in [3.05, 3.63) is 36.2 Å². The Morgan fingerprint density at radius 2 is 2.38 bits per heavy atom. The van der Waals surface area contributed by atoms with Crippen LogP contribution in [0.5, 0.6) is 0 Å². The number of nitrogens with zero attached hydrogens (tertiary/aromatic N) is 1. The Morgan fingerprint density at radius 3 is 3.00 bits per heavy atom. The second-order valence-corrected chi connectivity index (χ2v) is 3.51. The van der Waals surface area contributed by atoms with E-state index in [4.69, 9.17) is 5.73 Å². The zero-order valence-electron chi connectivity index (χ0n) is 7.61. The number of aromatic nitrogens is 1. The Kier molecular flexibility index (Phi) is 2.41. The van der Waals surface area contributed by atoms with Crippen LogP contribution in [0.25, 0.3) is 5.57 Å². The van der Waals surface area contributed by atoms with Crippen LogP contribution in [0.15, 0.2) is 30.6 Å². The van der Waals surface area contributed by atoms with Crippen molar-refractivity contribution in [1.29, 1.82) is 0 Å². The van der Waals surface area contributed by atoms with Crippen LogP contribution in [0, 0.1) is 0 Å². The van der Waals surface area contributed by atoms with E-state index in [0.29, 0.717) is 6.04 Å². The monoisotopic (exact) mass is 174 g/mol. The molecule has 2 N–H and O–H groups in total. The summed E-state index contributed by atoms with van der Waals surface area (Å²) in [6.07, 6.45) is 9.16. The minimum absolute atomic E-state index is 0.362. The van der Waals surface area contributed by atoms with Crippen LogP contribution < -0.4 is 5.73 Å². The molecule has 1 atom stereocenters. The summed E-state index contributed by atoms with van der Waals surface area (Å²) >= 11 is 0. The molecule has 2 heteroatoms. The molecule has 1 aliphatic rings. The van der Waals surface area contributed by atoms with Gasteiger partial charge in [-0.1, -0.05) is 12.1 Å². The highest BCUT2D eigenvalue weighted by atomic mass is 14.6. The fourth-order valence-electron chi connectivity index (χ4n) is 1.67. The van der Waals surface area contributed by atoms with Crippen LogP contribution in [-0.2, 0) is 0 Å². The number of allylic oxidation sites excluding steroid dienone is 1. The normalized spacial score (nSPS) is 22.5. The Hall–Kier alpha value is -1.15. The van der Waals surface area contributed by atoms with Crippen LogP contribution in [0.4, 0.5) is 0 Å². The predicted molar refractivity (Wildman–Crippen MR) is 54.0 cm³/mol. The van der Waals surface area contributed by atoms with E-state index in [0.717, 1.165) is 19.3 Å². The van der Waals surface area contributed by atoms with E-state index < -0.39 is 0 Å². The van der Waals surface area contributed by atoms with E-state index in [1.807, 2.05) is 12.3 Å². The van der Waals surface area contributed by atoms with Gasteiger partial charge in [0, 0.05) is 18.4 Å². The van der Waals surface area contributed by atoms with Crippen molar-refractivity contribution in [3.63, 3.8) is 0 Å². The molecule has 1 unspecified atom stereocenters. The summed E-state index contributed by atoms with van der Waals surface area (Å²) in [7, 11) is 0. The van der Waals surface area contributed by atoms with Crippen molar-refractivity contribution in [3.8, 4) is 0 Å². The van der Waals surface area contributed by atoms with E-state index in [9.17, 15) is 0 Å². The largest absolute Gasteiger partial charge is 0.327 e. The quantitative estimate of drug-likeness (QED) is 0.707. The second-order valence-electron chi connectivity index (χ2n) is 3.51. The summed E-state index contributed by atoms with van der Waals surface area (Å²) in [6, 6.07) is 4.45. The summed E-state index contributed by atoms with van der Waals surface area (Å²) in [5.41, 5.74) is 8.46. The summed E-state index contributed by atoms with van der Waals surface area (Å²) < 4.78 is 0. The van der Waals surface area contributed by atoms with Gasteiger partial charge in [-0.15, -0.1) is 0 Å². The minimum Gasteiger partial charge on any atom is -0.327 e. The number of hydrogen-bond acceptors (Lipinski definition) is 2. The highest BCUT2D eigenvalue weighted by Crippen LogP contribution is 2.25. The van der Waals surface area contributed by atoms with E-state index in [1.165, 1.54) is 11.1 Å². The van der Waals surface area contributed by atoms with E-state index >= 15 is 0 Å². The SMILES string of the molecule is NC1CC=C(c2cccnc2)CC1. The first-order valence-corrected chi connectivity index (χ1v) is 4.71. The molecule has 13 heavy (non-hydrogen) atoms. The zero-order chi connectivity index (χ0) is 9.10. The lowest BCUT2D eigenvalue weighted by atomic mass is 9.92. The van der Waals surface area contributed by atoms with Gasteiger partial charge in [0.25, 0.3) is 0 Å². The molecule has 0 spiro atoms. The van der Waals surface area contributed by atoms with Gasteiger partial charge in [0.2, 0.25) is 0 Å².